The van der Waals surface area contributed by atoms with E-state index in [9.17, 15) is 14.4 Å². The predicted molar refractivity (Wildman–Crippen MR) is 87.2 cm³/mol. The highest BCUT2D eigenvalue weighted by Crippen LogP contribution is 2.28. The second-order valence-electron chi connectivity index (χ2n) is 6.17. The van der Waals surface area contributed by atoms with Crippen LogP contribution in [0.25, 0.3) is 0 Å². The van der Waals surface area contributed by atoms with Crippen molar-refractivity contribution in [2.24, 2.45) is 0 Å². The Labute approximate surface area is 135 Å². The average molecular weight is 315 g/mol. The van der Waals surface area contributed by atoms with Crippen LogP contribution in [0.2, 0.25) is 0 Å². The molecule has 0 bridgehead atoms. The summed E-state index contributed by atoms with van der Waals surface area (Å²) in [5, 5.41) is 6.18. The summed E-state index contributed by atoms with van der Waals surface area (Å²) < 4.78 is 0. The predicted octanol–water partition coefficient (Wildman–Crippen LogP) is 1.73. The molecule has 3 amide bonds. The number of nitrogens with one attached hydrogen (secondary N) is 2. The summed E-state index contributed by atoms with van der Waals surface area (Å²) >= 11 is 0. The smallest absolute Gasteiger partial charge is 0.234 e. The molecule has 2 heterocycles. The Kier molecular flexibility index (Phi) is 4.43. The highest BCUT2D eigenvalue weighted by molar-refractivity contribution is 6.20. The van der Waals surface area contributed by atoms with Crippen molar-refractivity contribution in [3.8, 4) is 0 Å². The monoisotopic (exact) mass is 315 g/mol. The number of nitrogens with zero attached hydrogens (tertiary/aromatic N) is 1. The van der Waals surface area contributed by atoms with Crippen molar-refractivity contribution in [2.75, 3.05) is 16.8 Å². The lowest BCUT2D eigenvalue weighted by Gasteiger charge is -2.18. The van der Waals surface area contributed by atoms with Crippen molar-refractivity contribution in [1.82, 2.24) is 5.32 Å². The molecule has 0 aliphatic carbocycles. The van der Waals surface area contributed by atoms with Crippen molar-refractivity contribution in [3.05, 3.63) is 23.8 Å². The average Bonchev–Trinajstić information content (AvgIpc) is 3.11. The molecule has 1 aromatic rings. The second kappa shape index (κ2) is 6.50. The number of aryl methyl sites for hydroxylation is 1. The number of amides is 3. The molecule has 2 fully saturated rings. The Morgan fingerprint density at radius 1 is 1.30 bits per heavy atom. The molecule has 1 unspecified atom stereocenters. The lowest BCUT2D eigenvalue weighted by atomic mass is 10.1. The topological polar surface area (TPSA) is 78.5 Å². The summed E-state index contributed by atoms with van der Waals surface area (Å²) in [7, 11) is 0. The summed E-state index contributed by atoms with van der Waals surface area (Å²) in [6.07, 6.45) is 3.15. The molecule has 23 heavy (non-hydrogen) atoms. The van der Waals surface area contributed by atoms with Crippen LogP contribution >= 0.6 is 0 Å². The molecule has 122 valence electrons. The molecular weight excluding hydrogens is 294 g/mol. The van der Waals surface area contributed by atoms with Crippen LogP contribution in [0.15, 0.2) is 18.2 Å². The molecule has 2 N–H and O–H groups in total. The molecule has 2 aliphatic heterocycles. The largest absolute Gasteiger partial charge is 0.326 e. The van der Waals surface area contributed by atoms with Gasteiger partial charge in [0.25, 0.3) is 0 Å². The van der Waals surface area contributed by atoms with Gasteiger partial charge in [-0.3, -0.25) is 19.3 Å². The molecule has 3 rings (SSSR count). The van der Waals surface area contributed by atoms with E-state index in [1.54, 1.807) is 18.2 Å². The van der Waals surface area contributed by atoms with Crippen LogP contribution in [-0.4, -0.2) is 30.3 Å². The SMILES string of the molecule is Cc1cc(NC(=O)CC2CCCN2)ccc1N1C(=O)CCC1=O. The minimum atomic E-state index is -0.165. The van der Waals surface area contributed by atoms with Crippen LogP contribution in [0, 0.1) is 6.92 Å². The van der Waals surface area contributed by atoms with Gasteiger partial charge in [-0.1, -0.05) is 0 Å². The van der Waals surface area contributed by atoms with Crippen LogP contribution in [0.3, 0.4) is 0 Å². The van der Waals surface area contributed by atoms with E-state index in [-0.39, 0.29) is 36.6 Å². The van der Waals surface area contributed by atoms with E-state index >= 15 is 0 Å². The Morgan fingerprint density at radius 2 is 2.04 bits per heavy atom. The Hall–Kier alpha value is -2.21. The number of benzene rings is 1. The molecule has 6 nitrogen and oxygen atoms in total. The van der Waals surface area contributed by atoms with Gasteiger partial charge in [-0.15, -0.1) is 0 Å². The zero-order chi connectivity index (χ0) is 16.4. The standard InChI is InChI=1S/C17H21N3O3/c1-11-9-13(19-15(21)10-12-3-2-8-18-12)4-5-14(11)20-16(22)6-7-17(20)23/h4-5,9,12,18H,2-3,6-8,10H2,1H3,(H,19,21). The fourth-order valence-corrected chi connectivity index (χ4v) is 3.20. The fourth-order valence-electron chi connectivity index (χ4n) is 3.20. The van der Waals surface area contributed by atoms with Gasteiger partial charge in [0.15, 0.2) is 0 Å². The maximum Gasteiger partial charge on any atom is 0.234 e. The number of carbonyl (C=O) groups is 3. The molecule has 0 spiro atoms. The quantitative estimate of drug-likeness (QED) is 0.830. The Bertz CT molecular complexity index is 634. The van der Waals surface area contributed by atoms with E-state index in [1.807, 2.05) is 6.92 Å². The van der Waals surface area contributed by atoms with Gasteiger partial charge in [-0.25, -0.2) is 0 Å². The van der Waals surface area contributed by atoms with E-state index in [0.29, 0.717) is 17.8 Å². The molecular formula is C17H21N3O3. The minimum Gasteiger partial charge on any atom is -0.326 e. The van der Waals surface area contributed by atoms with Gasteiger partial charge >= 0.3 is 0 Å². The third kappa shape index (κ3) is 3.42. The number of rotatable bonds is 4. The van der Waals surface area contributed by atoms with Gasteiger partial charge < -0.3 is 10.6 Å². The molecule has 1 atom stereocenters. The number of carbonyl (C=O) groups excluding carboxylic acids is 3. The number of hydrogen-bond acceptors (Lipinski definition) is 4. The van der Waals surface area contributed by atoms with Gasteiger partial charge in [0.05, 0.1) is 5.69 Å². The first-order valence-electron chi connectivity index (χ1n) is 8.04. The van der Waals surface area contributed by atoms with E-state index in [2.05, 4.69) is 10.6 Å². The van der Waals surface area contributed by atoms with E-state index in [0.717, 1.165) is 24.9 Å². The molecule has 0 saturated carbocycles. The maximum absolute atomic E-state index is 12.1. The zero-order valence-electron chi connectivity index (χ0n) is 13.2. The van der Waals surface area contributed by atoms with E-state index < -0.39 is 0 Å². The molecule has 1 aromatic carbocycles. The van der Waals surface area contributed by atoms with Crippen molar-refractivity contribution in [1.29, 1.82) is 0 Å². The third-order valence-corrected chi connectivity index (χ3v) is 4.37. The van der Waals surface area contributed by atoms with Crippen LogP contribution in [0.5, 0.6) is 0 Å². The molecule has 0 aromatic heterocycles. The van der Waals surface area contributed by atoms with Crippen LogP contribution < -0.4 is 15.5 Å². The van der Waals surface area contributed by atoms with Crippen molar-refractivity contribution in [2.45, 2.75) is 45.1 Å². The first-order chi connectivity index (χ1) is 11.0. The summed E-state index contributed by atoms with van der Waals surface area (Å²) in [5.74, 6) is -0.353. The molecule has 0 radical (unpaired) electrons. The zero-order valence-corrected chi connectivity index (χ0v) is 13.2. The summed E-state index contributed by atoms with van der Waals surface area (Å²) in [4.78, 5) is 36.9. The number of hydrogen-bond donors (Lipinski definition) is 2. The van der Waals surface area contributed by atoms with Gasteiger partial charge in [0.2, 0.25) is 17.7 Å². The normalized spacial score (nSPS) is 21.1. The fraction of sp³-hybridized carbons (Fsp3) is 0.471. The van der Waals surface area contributed by atoms with Gasteiger partial charge in [0.1, 0.15) is 0 Å². The first-order valence-corrected chi connectivity index (χ1v) is 8.04. The number of anilines is 2. The highest BCUT2D eigenvalue weighted by atomic mass is 16.2. The van der Waals surface area contributed by atoms with Gasteiger partial charge in [-0.05, 0) is 50.1 Å². The second-order valence-corrected chi connectivity index (χ2v) is 6.17. The van der Waals surface area contributed by atoms with Crippen molar-refractivity contribution in [3.63, 3.8) is 0 Å². The van der Waals surface area contributed by atoms with Gasteiger partial charge in [0, 0.05) is 31.0 Å². The van der Waals surface area contributed by atoms with Crippen LogP contribution in [0.1, 0.15) is 37.7 Å². The summed E-state index contributed by atoms with van der Waals surface area (Å²) in [6.45, 7) is 2.81. The molecule has 2 aliphatic rings. The van der Waals surface area contributed by atoms with Gasteiger partial charge in [-0.2, -0.15) is 0 Å². The maximum atomic E-state index is 12.1. The highest BCUT2D eigenvalue weighted by Gasteiger charge is 2.31. The third-order valence-electron chi connectivity index (χ3n) is 4.37. The lowest BCUT2D eigenvalue weighted by Crippen LogP contribution is -2.29. The summed E-state index contributed by atoms with van der Waals surface area (Å²) in [6, 6.07) is 5.52. The Morgan fingerprint density at radius 3 is 2.65 bits per heavy atom. The van der Waals surface area contributed by atoms with Crippen molar-refractivity contribution >= 4 is 29.1 Å². The van der Waals surface area contributed by atoms with Crippen LogP contribution in [0.4, 0.5) is 11.4 Å². The van der Waals surface area contributed by atoms with E-state index in [4.69, 9.17) is 0 Å². The number of imide groups is 1. The van der Waals surface area contributed by atoms with Crippen molar-refractivity contribution < 1.29 is 14.4 Å². The molecule has 6 heteroatoms. The Balaban J connectivity index is 1.68. The lowest BCUT2D eigenvalue weighted by molar-refractivity contribution is -0.121. The van der Waals surface area contributed by atoms with Crippen LogP contribution in [-0.2, 0) is 14.4 Å². The first kappa shape index (κ1) is 15.7. The summed E-state index contributed by atoms with van der Waals surface area (Å²) in [5.41, 5.74) is 2.09. The molecule has 2 saturated heterocycles. The van der Waals surface area contributed by atoms with E-state index in [1.165, 1.54) is 4.90 Å². The minimum absolute atomic E-state index is 0.0233.